The highest BCUT2D eigenvalue weighted by molar-refractivity contribution is 9.10. The van der Waals surface area contributed by atoms with Crippen LogP contribution >= 0.6 is 15.9 Å². The Balaban J connectivity index is 1.77. The Morgan fingerprint density at radius 1 is 0.969 bits per heavy atom. The largest absolute Gasteiger partial charge is 0.354 e. The van der Waals surface area contributed by atoms with Crippen molar-refractivity contribution in [2.45, 2.75) is 46.2 Å². The summed E-state index contributed by atoms with van der Waals surface area (Å²) < 4.78 is 0.954. The fraction of sp³-hybridized carbons (Fsp3) is 0.333. The van der Waals surface area contributed by atoms with E-state index in [1.807, 2.05) is 49.4 Å². The third-order valence-corrected chi connectivity index (χ3v) is 6.08. The summed E-state index contributed by atoms with van der Waals surface area (Å²) in [5.74, 6) is 0.212. The van der Waals surface area contributed by atoms with Crippen LogP contribution in [-0.2, 0) is 22.6 Å². The predicted molar refractivity (Wildman–Crippen MR) is 134 cm³/mol. The van der Waals surface area contributed by atoms with Crippen LogP contribution in [0.4, 0.5) is 0 Å². The van der Waals surface area contributed by atoms with E-state index in [0.29, 0.717) is 31.8 Å². The van der Waals surface area contributed by atoms with Crippen molar-refractivity contribution in [1.82, 2.24) is 10.2 Å². The van der Waals surface area contributed by atoms with Crippen molar-refractivity contribution in [3.05, 3.63) is 82.3 Å². The van der Waals surface area contributed by atoms with Crippen LogP contribution in [0.1, 0.15) is 38.3 Å². The number of nitrogens with zero attached hydrogens (tertiary/aromatic N) is 1. The molecule has 0 fully saturated rings. The lowest BCUT2D eigenvalue weighted by atomic mass is 10.0. The number of hydrogen-bond donors (Lipinski definition) is 1. The zero-order valence-electron chi connectivity index (χ0n) is 19.0. The molecule has 168 valence electrons. The third-order valence-electron chi connectivity index (χ3n) is 5.58. The van der Waals surface area contributed by atoms with Gasteiger partial charge in [-0.15, -0.1) is 0 Å². The van der Waals surface area contributed by atoms with E-state index >= 15 is 0 Å². The van der Waals surface area contributed by atoms with Gasteiger partial charge in [-0.2, -0.15) is 0 Å². The monoisotopic (exact) mass is 494 g/mol. The SMILES string of the molecule is CC(C)CNC(=O)C(C)N(Cc1cccc(Br)c1)C(=O)CCc1cccc2ccccc12. The molecule has 3 aromatic carbocycles. The Kier molecular flexibility index (Phi) is 8.46. The highest BCUT2D eigenvalue weighted by atomic mass is 79.9. The van der Waals surface area contributed by atoms with Crippen molar-refractivity contribution < 1.29 is 9.59 Å². The van der Waals surface area contributed by atoms with Gasteiger partial charge in [-0.3, -0.25) is 9.59 Å². The van der Waals surface area contributed by atoms with Gasteiger partial charge in [-0.05, 0) is 53.3 Å². The topological polar surface area (TPSA) is 49.4 Å². The lowest BCUT2D eigenvalue weighted by Gasteiger charge is -2.29. The van der Waals surface area contributed by atoms with E-state index in [9.17, 15) is 9.59 Å². The zero-order chi connectivity index (χ0) is 23.1. The van der Waals surface area contributed by atoms with Crippen LogP contribution in [0, 0.1) is 5.92 Å². The quantitative estimate of drug-likeness (QED) is 0.413. The lowest BCUT2D eigenvalue weighted by molar-refractivity contribution is -0.140. The number of fused-ring (bicyclic) bond motifs is 1. The molecule has 0 bridgehead atoms. The number of benzene rings is 3. The minimum Gasteiger partial charge on any atom is -0.354 e. The first-order valence-electron chi connectivity index (χ1n) is 11.1. The third kappa shape index (κ3) is 6.42. The molecule has 1 unspecified atom stereocenters. The van der Waals surface area contributed by atoms with Crippen LogP contribution < -0.4 is 5.32 Å². The van der Waals surface area contributed by atoms with Crippen LogP contribution in [0.2, 0.25) is 0 Å². The molecular formula is C27H31BrN2O2. The smallest absolute Gasteiger partial charge is 0.242 e. The number of amides is 2. The van der Waals surface area contributed by atoms with Crippen molar-refractivity contribution in [2.75, 3.05) is 6.54 Å². The summed E-state index contributed by atoms with van der Waals surface area (Å²) in [4.78, 5) is 27.8. The van der Waals surface area contributed by atoms with Gasteiger partial charge in [0.25, 0.3) is 0 Å². The van der Waals surface area contributed by atoms with Crippen molar-refractivity contribution >= 4 is 38.5 Å². The predicted octanol–water partition coefficient (Wildman–Crippen LogP) is 5.72. The Labute approximate surface area is 199 Å². The van der Waals surface area contributed by atoms with Crippen molar-refractivity contribution in [3.63, 3.8) is 0 Å². The van der Waals surface area contributed by atoms with E-state index < -0.39 is 6.04 Å². The summed E-state index contributed by atoms with van der Waals surface area (Å²) in [6, 6.07) is 21.7. The maximum absolute atomic E-state index is 13.4. The zero-order valence-corrected chi connectivity index (χ0v) is 20.6. The van der Waals surface area contributed by atoms with E-state index in [1.54, 1.807) is 4.90 Å². The van der Waals surface area contributed by atoms with E-state index in [1.165, 1.54) is 10.8 Å². The van der Waals surface area contributed by atoms with Crippen LogP contribution in [0.15, 0.2) is 71.2 Å². The summed E-state index contributed by atoms with van der Waals surface area (Å²) in [6.45, 7) is 6.91. The molecule has 5 heteroatoms. The molecule has 3 aromatic rings. The summed E-state index contributed by atoms with van der Waals surface area (Å²) in [5.41, 5.74) is 2.14. The van der Waals surface area contributed by atoms with E-state index in [4.69, 9.17) is 0 Å². The molecule has 0 spiro atoms. The van der Waals surface area contributed by atoms with Gasteiger partial charge in [-0.1, -0.05) is 84.4 Å². The van der Waals surface area contributed by atoms with Crippen LogP contribution in [0.5, 0.6) is 0 Å². The Hall–Kier alpha value is -2.66. The molecule has 0 aromatic heterocycles. The van der Waals surface area contributed by atoms with Crippen molar-refractivity contribution in [3.8, 4) is 0 Å². The van der Waals surface area contributed by atoms with E-state index in [-0.39, 0.29) is 11.8 Å². The highest BCUT2D eigenvalue weighted by Crippen LogP contribution is 2.21. The Bertz CT molecular complexity index is 1070. The van der Waals surface area contributed by atoms with E-state index in [2.05, 4.69) is 59.4 Å². The first kappa shape index (κ1) is 24.0. The molecule has 2 amide bonds. The molecule has 0 radical (unpaired) electrons. The molecule has 0 saturated carbocycles. The maximum atomic E-state index is 13.4. The van der Waals surface area contributed by atoms with Crippen molar-refractivity contribution in [1.29, 1.82) is 0 Å². The van der Waals surface area contributed by atoms with Gasteiger partial charge >= 0.3 is 0 Å². The minimum absolute atomic E-state index is 0.0230. The molecule has 0 aliphatic rings. The van der Waals surface area contributed by atoms with Crippen molar-refractivity contribution in [2.24, 2.45) is 5.92 Å². The molecule has 0 heterocycles. The van der Waals surface area contributed by atoms with Gasteiger partial charge in [0.2, 0.25) is 11.8 Å². The number of hydrogen-bond acceptors (Lipinski definition) is 2. The molecule has 1 atom stereocenters. The van der Waals surface area contributed by atoms with E-state index in [0.717, 1.165) is 15.6 Å². The fourth-order valence-corrected chi connectivity index (χ4v) is 4.21. The molecule has 0 saturated heterocycles. The molecule has 3 rings (SSSR count). The van der Waals surface area contributed by atoms with Gasteiger partial charge in [0.15, 0.2) is 0 Å². The average molecular weight is 495 g/mol. The number of carbonyl (C=O) groups excluding carboxylic acids is 2. The summed E-state index contributed by atoms with van der Waals surface area (Å²) in [5, 5.41) is 5.31. The molecule has 1 N–H and O–H groups in total. The second kappa shape index (κ2) is 11.3. The van der Waals surface area contributed by atoms with Crippen LogP contribution in [0.25, 0.3) is 10.8 Å². The first-order valence-corrected chi connectivity index (χ1v) is 11.9. The summed E-state index contributed by atoms with van der Waals surface area (Å²) in [7, 11) is 0. The summed E-state index contributed by atoms with van der Waals surface area (Å²) in [6.07, 6.45) is 0.985. The molecular weight excluding hydrogens is 464 g/mol. The lowest BCUT2D eigenvalue weighted by Crippen LogP contribution is -2.48. The number of carbonyl (C=O) groups is 2. The number of nitrogens with one attached hydrogen (secondary N) is 1. The van der Waals surface area contributed by atoms with Crippen LogP contribution in [-0.4, -0.2) is 29.3 Å². The Morgan fingerprint density at radius 2 is 1.69 bits per heavy atom. The average Bonchev–Trinajstić information content (AvgIpc) is 2.79. The normalized spacial score (nSPS) is 12.0. The molecule has 0 aliphatic heterocycles. The number of rotatable bonds is 9. The van der Waals surface area contributed by atoms with Gasteiger partial charge in [0.1, 0.15) is 6.04 Å². The van der Waals surface area contributed by atoms with Gasteiger partial charge < -0.3 is 10.2 Å². The van der Waals surface area contributed by atoms with Gasteiger partial charge in [0.05, 0.1) is 0 Å². The second-order valence-corrected chi connectivity index (χ2v) is 9.52. The van der Waals surface area contributed by atoms with Crippen LogP contribution in [0.3, 0.4) is 0 Å². The second-order valence-electron chi connectivity index (χ2n) is 8.60. The maximum Gasteiger partial charge on any atom is 0.242 e. The Morgan fingerprint density at radius 3 is 2.44 bits per heavy atom. The molecule has 4 nitrogen and oxygen atoms in total. The number of halogens is 1. The van der Waals surface area contributed by atoms with Gasteiger partial charge in [-0.25, -0.2) is 0 Å². The minimum atomic E-state index is -0.548. The van der Waals surface area contributed by atoms with Gasteiger partial charge in [0, 0.05) is 24.0 Å². The molecule has 32 heavy (non-hydrogen) atoms. The first-order chi connectivity index (χ1) is 15.3. The standard InChI is InChI=1S/C27H31BrN2O2/c1-19(2)17-29-27(32)20(3)30(18-21-8-6-12-24(28)16-21)26(31)15-14-23-11-7-10-22-9-4-5-13-25(22)23/h4-13,16,19-20H,14-15,17-18H2,1-3H3,(H,29,32). The summed E-state index contributed by atoms with van der Waals surface area (Å²) >= 11 is 3.50. The number of aryl methyl sites for hydroxylation is 1. The fourth-order valence-electron chi connectivity index (χ4n) is 3.76. The highest BCUT2D eigenvalue weighted by Gasteiger charge is 2.26. The molecule has 0 aliphatic carbocycles.